The average molecular weight is 1170 g/mol. The zero-order valence-electron chi connectivity index (χ0n) is 48.1. The lowest BCUT2D eigenvalue weighted by Gasteiger charge is -2.36. The van der Waals surface area contributed by atoms with Crippen LogP contribution in [0, 0.1) is 0 Å². The Balaban J connectivity index is 0.000000127. The molecule has 86 heavy (non-hydrogen) atoms. The molecule has 2 unspecified atom stereocenters. The third-order valence-electron chi connectivity index (χ3n) is 14.6. The highest BCUT2D eigenvalue weighted by Gasteiger charge is 2.24. The molecule has 2 aliphatic heterocycles. The second-order valence-corrected chi connectivity index (χ2v) is 20.6. The Morgan fingerprint density at radius 3 is 1.87 bits per heavy atom. The second-order valence-electron chi connectivity index (χ2n) is 20.6. The summed E-state index contributed by atoms with van der Waals surface area (Å²) in [6, 6.07) is 44.3. The number of aliphatic hydroxyl groups is 3. The van der Waals surface area contributed by atoms with Gasteiger partial charge in [0.25, 0.3) is 5.56 Å². The van der Waals surface area contributed by atoms with Gasteiger partial charge in [0, 0.05) is 97.8 Å². The number of benzene rings is 6. The smallest absolute Gasteiger partial charge is 0.338 e. The molecule has 20 heteroatoms. The molecule has 0 radical (unpaired) electrons. The molecule has 11 aromatic rings. The van der Waals surface area contributed by atoms with E-state index < -0.39 is 0 Å². The lowest BCUT2D eigenvalue weighted by molar-refractivity contribution is -0.00546. The molecule has 0 bridgehead atoms. The molecule has 0 amide bonds. The number of morpholine rings is 2. The van der Waals surface area contributed by atoms with Crippen molar-refractivity contribution in [1.82, 2.24) is 9.38 Å². The third-order valence-corrected chi connectivity index (χ3v) is 14.6. The van der Waals surface area contributed by atoms with Gasteiger partial charge in [-0.1, -0.05) is 84.9 Å². The number of hydrogen-bond donors (Lipinski definition) is 4. The van der Waals surface area contributed by atoms with E-state index in [1.54, 1.807) is 52.9 Å². The van der Waals surface area contributed by atoms with E-state index >= 15 is 0 Å². The van der Waals surface area contributed by atoms with Gasteiger partial charge in [-0.05, 0) is 66.4 Å². The highest BCUT2D eigenvalue weighted by Crippen LogP contribution is 2.31. The van der Waals surface area contributed by atoms with Gasteiger partial charge in [0.1, 0.15) is 34.0 Å². The van der Waals surface area contributed by atoms with Crippen LogP contribution in [0.2, 0.25) is 0 Å². The number of aromatic nitrogens is 2. The Hall–Kier alpha value is -9.15. The monoisotopic (exact) mass is 1170 g/mol. The summed E-state index contributed by atoms with van der Waals surface area (Å²) in [7, 11) is 1.62. The van der Waals surface area contributed by atoms with Crippen molar-refractivity contribution in [2.24, 2.45) is 0 Å². The molecule has 7 heterocycles. The summed E-state index contributed by atoms with van der Waals surface area (Å²) in [6.45, 7) is 10.1. The van der Waals surface area contributed by atoms with Crippen LogP contribution in [-0.4, -0.2) is 136 Å². The third kappa shape index (κ3) is 14.0. The topological polar surface area (TPSA) is 244 Å². The number of nitrogens with zero attached hydrogens (tertiary/aromatic N) is 5. The number of rotatable bonds is 14. The SMILES string of the molecule is CC1CN(c2cc(=O)n3ccc4ccccc4c3n2)CC(C)O1.COc1ccc2oc(=O)cc(N3CCOCC3)c2c1.O=c1cc(N(CCO)CCO)oc2c1ccc1ccccc12.O=c1cc(NCCOCCO)oc2c1ccc1ccccc12. The normalized spacial score (nSPS) is 15.0. The van der Waals surface area contributed by atoms with Crippen molar-refractivity contribution in [2.75, 3.05) is 119 Å². The summed E-state index contributed by atoms with van der Waals surface area (Å²) in [4.78, 5) is 59.4. The molecule has 5 aromatic heterocycles. The number of pyridine rings is 1. The number of ether oxygens (including phenoxy) is 4. The Kier molecular flexibility index (Phi) is 19.6. The minimum Gasteiger partial charge on any atom is -0.497 e. The summed E-state index contributed by atoms with van der Waals surface area (Å²) in [5.74, 6) is 2.25. The van der Waals surface area contributed by atoms with Crippen LogP contribution in [-0.2, 0) is 14.2 Å². The quantitative estimate of drug-likeness (QED) is 0.0455. The first kappa shape index (κ1) is 60.0. The fourth-order valence-electron chi connectivity index (χ4n) is 10.6. The Morgan fingerprint density at radius 2 is 1.23 bits per heavy atom. The van der Waals surface area contributed by atoms with Gasteiger partial charge in [-0.2, -0.15) is 0 Å². The number of nitrogens with one attached hydrogen (secondary N) is 1. The van der Waals surface area contributed by atoms with Crippen LogP contribution in [0.5, 0.6) is 5.75 Å². The summed E-state index contributed by atoms with van der Waals surface area (Å²) >= 11 is 0. The average Bonchev–Trinajstić information content (AvgIpc) is 1.51. The van der Waals surface area contributed by atoms with Crippen molar-refractivity contribution < 1.29 is 47.5 Å². The van der Waals surface area contributed by atoms with Crippen LogP contribution in [0.3, 0.4) is 0 Å². The molecule has 2 atom stereocenters. The summed E-state index contributed by atoms with van der Waals surface area (Å²) in [6.07, 6.45) is 2.06. The van der Waals surface area contributed by atoms with Gasteiger partial charge in [-0.15, -0.1) is 0 Å². The van der Waals surface area contributed by atoms with E-state index in [1.807, 2.05) is 111 Å². The molecule has 2 aliphatic rings. The summed E-state index contributed by atoms with van der Waals surface area (Å²) in [5.41, 5.74) is 2.68. The van der Waals surface area contributed by atoms with Crippen molar-refractivity contribution in [3.63, 3.8) is 0 Å². The van der Waals surface area contributed by atoms with Crippen LogP contribution in [0.4, 0.5) is 23.3 Å². The van der Waals surface area contributed by atoms with Crippen LogP contribution in [0.25, 0.3) is 70.9 Å². The van der Waals surface area contributed by atoms with Crippen LogP contribution in [0.1, 0.15) is 13.8 Å². The van der Waals surface area contributed by atoms with Crippen LogP contribution in [0.15, 0.2) is 184 Å². The molecule has 13 rings (SSSR count). The number of anilines is 4. The maximum Gasteiger partial charge on any atom is 0.338 e. The van der Waals surface area contributed by atoms with Gasteiger partial charge >= 0.3 is 5.63 Å². The van der Waals surface area contributed by atoms with E-state index in [1.165, 1.54) is 18.2 Å². The lowest BCUT2D eigenvalue weighted by Crippen LogP contribution is -2.46. The van der Waals surface area contributed by atoms with Gasteiger partial charge in [-0.25, -0.2) is 9.78 Å². The van der Waals surface area contributed by atoms with E-state index in [4.69, 9.17) is 52.5 Å². The van der Waals surface area contributed by atoms with Gasteiger partial charge in [0.2, 0.25) is 0 Å². The summed E-state index contributed by atoms with van der Waals surface area (Å²) < 4.78 is 40.1. The predicted molar refractivity (Wildman–Crippen MR) is 336 cm³/mol. The highest BCUT2D eigenvalue weighted by atomic mass is 16.5. The van der Waals surface area contributed by atoms with Gasteiger partial charge < -0.3 is 67.5 Å². The lowest BCUT2D eigenvalue weighted by atomic mass is 10.1. The fourth-order valence-corrected chi connectivity index (χ4v) is 10.6. The zero-order valence-corrected chi connectivity index (χ0v) is 48.1. The predicted octanol–water partition coefficient (Wildman–Crippen LogP) is 8.20. The maximum absolute atomic E-state index is 12.5. The molecule has 20 nitrogen and oxygen atoms in total. The first-order valence-corrected chi connectivity index (χ1v) is 28.5. The van der Waals surface area contributed by atoms with Crippen molar-refractivity contribution in [3.05, 3.63) is 193 Å². The molecule has 2 fully saturated rings. The molecular weight excluding hydrogens is 1100 g/mol. The van der Waals surface area contributed by atoms with Gasteiger partial charge in [-0.3, -0.25) is 18.8 Å². The minimum atomic E-state index is -0.334. The van der Waals surface area contributed by atoms with Gasteiger partial charge in [0.15, 0.2) is 22.6 Å². The molecule has 2 saturated heterocycles. The molecule has 0 saturated carbocycles. The van der Waals surface area contributed by atoms with Crippen molar-refractivity contribution >= 4 is 94.1 Å². The van der Waals surface area contributed by atoms with Crippen molar-refractivity contribution in [3.8, 4) is 5.75 Å². The molecule has 6 aromatic carbocycles. The fraction of sp³-hybridized carbons (Fsp3) is 0.288. The van der Waals surface area contributed by atoms with Crippen LogP contribution >= 0.6 is 0 Å². The Labute approximate surface area is 493 Å². The number of fused-ring (bicyclic) bond motifs is 10. The van der Waals surface area contributed by atoms with Gasteiger partial charge in [0.05, 0.1) is 82.0 Å². The molecule has 0 aliphatic carbocycles. The minimum absolute atomic E-state index is 0.00293. The van der Waals surface area contributed by atoms with E-state index in [9.17, 15) is 19.2 Å². The zero-order chi connectivity index (χ0) is 60.1. The maximum atomic E-state index is 12.5. The molecule has 4 N–H and O–H groups in total. The van der Waals surface area contributed by atoms with Crippen LogP contribution < -0.4 is 46.8 Å². The Bertz CT molecular complexity index is 4370. The first-order valence-electron chi connectivity index (χ1n) is 28.5. The van der Waals surface area contributed by atoms with Crippen molar-refractivity contribution in [2.45, 2.75) is 26.1 Å². The summed E-state index contributed by atoms with van der Waals surface area (Å²) in [5, 5.41) is 37.8. The number of hydrogen-bond acceptors (Lipinski definition) is 19. The number of aliphatic hydroxyl groups excluding tert-OH is 3. The molecule has 446 valence electrons. The second kappa shape index (κ2) is 28.2. The van der Waals surface area contributed by atoms with E-state index in [-0.39, 0.29) is 54.1 Å². The number of methoxy groups -OCH3 is 1. The highest BCUT2D eigenvalue weighted by molar-refractivity contribution is 6.05. The molecule has 0 spiro atoms. The largest absolute Gasteiger partial charge is 0.497 e. The molecular formula is C66H68N6O14. The Morgan fingerprint density at radius 1 is 0.616 bits per heavy atom. The van der Waals surface area contributed by atoms with Crippen molar-refractivity contribution in [1.29, 1.82) is 0 Å². The first-order chi connectivity index (χ1) is 41.9. The standard InChI is InChI=1S/C18H19N3O2.2C17H17NO4.C14H15NO4/c1-12-10-20(11-13(2)23-12)16-9-17(22)21-8-7-14-5-3-4-6-15(14)18(21)19-16;19-8-10-21-9-7-18-16-11-15(20)14-6-5-12-3-1-2-4-13(12)17(14)22-16;19-9-7-18(8-10-20)16-11-15(21)14-6-5-12-3-1-2-4-13(12)17(14)22-16;1-17-10-2-3-13-11(8-10)12(9-14(16)19-13)15-4-6-18-7-5-15/h3-9,12-13H,10-11H2,1-2H3;1-6,11,18-19H,7-10H2;1-6,11,19-20H,7-10H2;2-3,8-9H,4-7H2,1H3. The van der Waals surface area contributed by atoms with E-state index in [0.717, 1.165) is 81.1 Å². The van der Waals surface area contributed by atoms with E-state index in [0.29, 0.717) is 91.0 Å². The van der Waals surface area contributed by atoms with E-state index in [2.05, 4.69) is 15.1 Å².